The van der Waals surface area contributed by atoms with Crippen molar-refractivity contribution in [3.8, 4) is 0 Å². The molecule has 2 aromatic carbocycles. The van der Waals surface area contributed by atoms with Gasteiger partial charge in [0.1, 0.15) is 0 Å². The van der Waals surface area contributed by atoms with Gasteiger partial charge in [-0.05, 0) is 24.3 Å². The van der Waals surface area contributed by atoms with E-state index in [0.717, 1.165) is 0 Å². The van der Waals surface area contributed by atoms with E-state index in [1.807, 2.05) is 11.8 Å². The zero-order valence-corrected chi connectivity index (χ0v) is 12.7. The van der Waals surface area contributed by atoms with Crippen LogP contribution < -0.4 is 5.32 Å². The first-order valence-electron chi connectivity index (χ1n) is 4.56. The molecule has 1 nitrogen and oxygen atoms in total. The maximum absolute atomic E-state index is 3.42. The van der Waals surface area contributed by atoms with Crippen molar-refractivity contribution in [2.75, 3.05) is 5.32 Å². The molecule has 72 valence electrons. The minimum Gasteiger partial charge on any atom is -0.354 e. The first-order valence-corrected chi connectivity index (χ1v) is 5.38. The number of hydrogen-bond acceptors (Lipinski definition) is 2. The molecule has 15 heavy (non-hydrogen) atoms. The minimum absolute atomic E-state index is 0. The van der Waals surface area contributed by atoms with E-state index < -0.39 is 0 Å². The van der Waals surface area contributed by atoms with Gasteiger partial charge in [0.25, 0.3) is 0 Å². The number of anilines is 2. The van der Waals surface area contributed by atoms with Gasteiger partial charge in [0.15, 0.2) is 0 Å². The summed E-state index contributed by atoms with van der Waals surface area (Å²) in [7, 11) is 0. The molecule has 0 saturated carbocycles. The second kappa shape index (κ2) is 4.57. The van der Waals surface area contributed by atoms with Crippen LogP contribution in [0.1, 0.15) is 0 Å². The maximum Gasteiger partial charge on any atom is 0.0526 e. The van der Waals surface area contributed by atoms with Crippen molar-refractivity contribution in [1.29, 1.82) is 0 Å². The van der Waals surface area contributed by atoms with E-state index in [1.165, 1.54) is 21.2 Å². The molecule has 0 aromatic heterocycles. The van der Waals surface area contributed by atoms with Crippen LogP contribution in [-0.2, 0) is 0 Å². The monoisotopic (exact) mass is 407 g/mol. The molecule has 0 fully saturated rings. The first kappa shape index (κ1) is 11.0. The molecule has 0 bridgehead atoms. The Morgan fingerprint density at radius 1 is 0.733 bits per heavy atom. The molecular weight excluding hydrogens is 397 g/mol. The van der Waals surface area contributed by atoms with Crippen LogP contribution in [0.25, 0.3) is 0 Å². The van der Waals surface area contributed by atoms with Gasteiger partial charge in [0.05, 0.1) is 11.4 Å². The second-order valence-electron chi connectivity index (χ2n) is 3.22. The SMILES string of the molecule is [Pb].c1ccc2c(c1)Nc1ccccc1S2. The van der Waals surface area contributed by atoms with E-state index in [4.69, 9.17) is 0 Å². The summed E-state index contributed by atoms with van der Waals surface area (Å²) in [5.74, 6) is 0. The summed E-state index contributed by atoms with van der Waals surface area (Å²) in [6.07, 6.45) is 0. The summed E-state index contributed by atoms with van der Waals surface area (Å²) >= 11 is 1.82. The average molecular weight is 406 g/mol. The van der Waals surface area contributed by atoms with Crippen molar-refractivity contribution in [3.63, 3.8) is 0 Å². The molecule has 1 N–H and O–H groups in total. The number of hydrogen-bond donors (Lipinski definition) is 1. The Balaban J connectivity index is 0.000000853. The summed E-state index contributed by atoms with van der Waals surface area (Å²) < 4.78 is 0. The Kier molecular flexibility index (Phi) is 3.36. The van der Waals surface area contributed by atoms with E-state index in [0.29, 0.717) is 0 Å². The molecule has 0 saturated heterocycles. The normalized spacial score (nSPS) is 11.7. The van der Waals surface area contributed by atoms with Crippen LogP contribution in [0.2, 0.25) is 0 Å². The van der Waals surface area contributed by atoms with Gasteiger partial charge in [-0.3, -0.25) is 0 Å². The van der Waals surface area contributed by atoms with Crippen molar-refractivity contribution < 1.29 is 0 Å². The summed E-state index contributed by atoms with van der Waals surface area (Å²) in [5, 5.41) is 3.42. The van der Waals surface area contributed by atoms with Gasteiger partial charge in [0.2, 0.25) is 0 Å². The molecule has 1 aliphatic heterocycles. The van der Waals surface area contributed by atoms with Gasteiger partial charge in [-0.1, -0.05) is 36.0 Å². The van der Waals surface area contributed by atoms with Crippen molar-refractivity contribution >= 4 is 50.4 Å². The summed E-state index contributed by atoms with van der Waals surface area (Å²) in [6, 6.07) is 16.8. The number of nitrogens with one attached hydrogen (secondary N) is 1. The molecule has 0 atom stereocenters. The standard InChI is InChI=1S/C12H9NS.Pb/c1-3-7-11-9(5-1)13-10-6-2-4-8-12(10)14-11;/h1-8,13H;. The van der Waals surface area contributed by atoms with Crippen LogP contribution in [0.3, 0.4) is 0 Å². The summed E-state index contributed by atoms with van der Waals surface area (Å²) in [6.45, 7) is 0. The maximum atomic E-state index is 3.42. The topological polar surface area (TPSA) is 12.0 Å². The third-order valence-corrected chi connectivity index (χ3v) is 3.42. The van der Waals surface area contributed by atoms with Gasteiger partial charge >= 0.3 is 0 Å². The molecule has 4 radical (unpaired) electrons. The molecule has 3 rings (SSSR count). The molecule has 0 unspecified atom stereocenters. The van der Waals surface area contributed by atoms with Crippen LogP contribution in [0.4, 0.5) is 11.4 Å². The Bertz CT molecular complexity index is 397. The zero-order valence-electron chi connectivity index (χ0n) is 8.03. The third kappa shape index (κ3) is 2.06. The molecule has 0 spiro atoms. The third-order valence-electron chi connectivity index (χ3n) is 2.26. The van der Waals surface area contributed by atoms with E-state index in [-0.39, 0.29) is 27.3 Å². The molecule has 1 aliphatic rings. The van der Waals surface area contributed by atoms with Crippen LogP contribution in [0, 0.1) is 0 Å². The summed E-state index contributed by atoms with van der Waals surface area (Å²) in [5.41, 5.74) is 2.41. The number of para-hydroxylation sites is 2. The largest absolute Gasteiger partial charge is 0.354 e. The molecule has 1 heterocycles. The van der Waals surface area contributed by atoms with Crippen LogP contribution in [-0.4, -0.2) is 27.3 Å². The van der Waals surface area contributed by atoms with Crippen molar-refractivity contribution in [2.24, 2.45) is 0 Å². The first-order chi connectivity index (χ1) is 6.93. The quantitative estimate of drug-likeness (QED) is 0.574. The summed E-state index contributed by atoms with van der Waals surface area (Å²) in [4.78, 5) is 2.59. The van der Waals surface area contributed by atoms with Crippen molar-refractivity contribution in [1.82, 2.24) is 0 Å². The van der Waals surface area contributed by atoms with Gasteiger partial charge in [0, 0.05) is 37.1 Å². The predicted molar refractivity (Wildman–Crippen MR) is 66.0 cm³/mol. The zero-order chi connectivity index (χ0) is 9.38. The van der Waals surface area contributed by atoms with E-state index in [2.05, 4.69) is 53.8 Å². The fourth-order valence-corrected chi connectivity index (χ4v) is 2.57. The number of rotatable bonds is 0. The molecule has 3 heteroatoms. The van der Waals surface area contributed by atoms with Crippen LogP contribution >= 0.6 is 11.8 Å². The average Bonchev–Trinajstić information content (AvgIpc) is 2.26. The molecular formula is C12H9NPbS. The Morgan fingerprint density at radius 2 is 1.20 bits per heavy atom. The van der Waals surface area contributed by atoms with E-state index in [9.17, 15) is 0 Å². The Hall–Kier alpha value is -0.488. The van der Waals surface area contributed by atoms with E-state index in [1.54, 1.807) is 0 Å². The van der Waals surface area contributed by atoms with Gasteiger partial charge in [-0.25, -0.2) is 0 Å². The smallest absolute Gasteiger partial charge is 0.0526 e. The van der Waals surface area contributed by atoms with Gasteiger partial charge < -0.3 is 5.32 Å². The molecule has 0 amide bonds. The fraction of sp³-hybridized carbons (Fsp3) is 0. The second-order valence-corrected chi connectivity index (χ2v) is 4.30. The van der Waals surface area contributed by atoms with Crippen LogP contribution in [0.5, 0.6) is 0 Å². The Labute approximate surface area is 113 Å². The van der Waals surface area contributed by atoms with Crippen molar-refractivity contribution in [2.45, 2.75) is 9.79 Å². The van der Waals surface area contributed by atoms with Gasteiger partial charge in [-0.2, -0.15) is 0 Å². The number of fused-ring (bicyclic) bond motifs is 2. The molecule has 2 aromatic rings. The van der Waals surface area contributed by atoms with Crippen LogP contribution in [0.15, 0.2) is 58.3 Å². The van der Waals surface area contributed by atoms with Gasteiger partial charge in [-0.15, -0.1) is 0 Å². The van der Waals surface area contributed by atoms with E-state index >= 15 is 0 Å². The minimum atomic E-state index is 0. The fourth-order valence-electron chi connectivity index (χ4n) is 1.58. The van der Waals surface area contributed by atoms with Crippen molar-refractivity contribution in [3.05, 3.63) is 48.5 Å². The Morgan fingerprint density at radius 3 is 1.73 bits per heavy atom. The molecule has 0 aliphatic carbocycles. The number of benzene rings is 2. The predicted octanol–water partition coefficient (Wildman–Crippen LogP) is 3.51.